The van der Waals surface area contributed by atoms with Crippen LogP contribution >= 0.6 is 0 Å². The molecule has 5 rings (SSSR count). The maximum atomic E-state index is 3.91. The van der Waals surface area contributed by atoms with E-state index in [1.165, 1.54) is 120 Å². The Balaban J connectivity index is 1.40. The molecule has 0 nitrogen and oxygen atoms in total. The number of hydrogen-bond acceptors (Lipinski definition) is 0. The van der Waals surface area contributed by atoms with E-state index in [-0.39, 0.29) is 16.2 Å². The molecule has 0 N–H and O–H groups in total. The maximum Gasteiger partial charge on any atom is 0.0215 e. The average Bonchev–Trinajstić information content (AvgIpc) is 3.34. The summed E-state index contributed by atoms with van der Waals surface area (Å²) >= 11 is 0. The first-order chi connectivity index (χ1) is 24.3. The molecule has 0 heteroatoms. The fraction of sp³-hybridized carbons (Fsp3) is 0.451. The van der Waals surface area contributed by atoms with Crippen LogP contribution in [0.5, 0.6) is 0 Å². The molecular formula is C51H66. The number of fused-ring (bicyclic) bond motifs is 3. The second-order valence-electron chi connectivity index (χ2n) is 17.7. The van der Waals surface area contributed by atoms with Crippen LogP contribution < -0.4 is 0 Å². The Kier molecular flexibility index (Phi) is 12.4. The summed E-state index contributed by atoms with van der Waals surface area (Å²) in [6.45, 7) is 26.8. The van der Waals surface area contributed by atoms with Gasteiger partial charge in [0.05, 0.1) is 0 Å². The molecule has 1 aliphatic carbocycles. The third-order valence-corrected chi connectivity index (χ3v) is 11.7. The van der Waals surface area contributed by atoms with Gasteiger partial charge in [0.15, 0.2) is 0 Å². The summed E-state index contributed by atoms with van der Waals surface area (Å²) in [6.07, 6.45) is 18.9. The molecule has 0 bridgehead atoms. The molecule has 0 aliphatic heterocycles. The molecule has 0 saturated heterocycles. The molecule has 0 heterocycles. The zero-order valence-corrected chi connectivity index (χ0v) is 33.5. The standard InChI is InChI=1S/C51H66/c1-11-39-23-27-41(28-24-39)21-17-13-15-19-31-51(32-20-16-14-18-22-42-29-25-40(12-2)26-30-42)47-33-37(3)45(49(5,6)7)35-43(47)44-36-46(50(8,9)10)38(4)34-48(44)51/h11-12,23-30,33-36H,1-2,13-22,31-32H2,3-10H3. The van der Waals surface area contributed by atoms with Gasteiger partial charge < -0.3 is 0 Å². The molecule has 4 aromatic carbocycles. The van der Waals surface area contributed by atoms with Crippen LogP contribution in [0.15, 0.2) is 86.0 Å². The van der Waals surface area contributed by atoms with Gasteiger partial charge >= 0.3 is 0 Å². The van der Waals surface area contributed by atoms with E-state index in [1.807, 2.05) is 12.2 Å². The smallest absolute Gasteiger partial charge is 0.0215 e. The second kappa shape index (κ2) is 16.4. The molecular weight excluding hydrogens is 613 g/mol. The fourth-order valence-corrected chi connectivity index (χ4v) is 8.94. The van der Waals surface area contributed by atoms with Gasteiger partial charge in [-0.2, -0.15) is 0 Å². The first-order valence-corrected chi connectivity index (χ1v) is 20.0. The van der Waals surface area contributed by atoms with Crippen molar-refractivity contribution in [2.75, 3.05) is 0 Å². The first-order valence-electron chi connectivity index (χ1n) is 20.0. The van der Waals surface area contributed by atoms with Crippen LogP contribution in [-0.4, -0.2) is 0 Å². The van der Waals surface area contributed by atoms with E-state index in [9.17, 15) is 0 Å². The van der Waals surface area contributed by atoms with E-state index in [0.29, 0.717) is 0 Å². The Bertz CT molecular complexity index is 1640. The van der Waals surface area contributed by atoms with Crippen molar-refractivity contribution in [2.45, 2.75) is 149 Å². The minimum atomic E-state index is 0.0774. The summed E-state index contributed by atoms with van der Waals surface area (Å²) in [5.41, 5.74) is 17.7. The van der Waals surface area contributed by atoms with Gasteiger partial charge in [-0.1, -0.05) is 178 Å². The van der Waals surface area contributed by atoms with E-state index >= 15 is 0 Å². The lowest BCUT2D eigenvalue weighted by Crippen LogP contribution is -2.26. The van der Waals surface area contributed by atoms with E-state index in [0.717, 1.165) is 12.8 Å². The second-order valence-corrected chi connectivity index (χ2v) is 17.7. The molecule has 270 valence electrons. The lowest BCUT2D eigenvalue weighted by molar-refractivity contribution is 0.398. The van der Waals surface area contributed by atoms with E-state index in [4.69, 9.17) is 0 Å². The first kappa shape index (κ1) is 38.6. The highest BCUT2D eigenvalue weighted by molar-refractivity contribution is 5.83. The van der Waals surface area contributed by atoms with Crippen LogP contribution in [0.25, 0.3) is 23.3 Å². The highest BCUT2D eigenvalue weighted by atomic mass is 14.5. The van der Waals surface area contributed by atoms with Crippen LogP contribution in [0.2, 0.25) is 0 Å². The van der Waals surface area contributed by atoms with Gasteiger partial charge in [-0.25, -0.2) is 0 Å². The Morgan fingerprint density at radius 1 is 0.490 bits per heavy atom. The lowest BCUT2D eigenvalue weighted by atomic mass is 9.69. The Morgan fingerprint density at radius 2 is 0.843 bits per heavy atom. The average molecular weight is 679 g/mol. The minimum Gasteiger partial charge on any atom is -0.0985 e. The molecule has 0 fully saturated rings. The fourth-order valence-electron chi connectivity index (χ4n) is 8.94. The summed E-state index contributed by atoms with van der Waals surface area (Å²) in [4.78, 5) is 0. The summed E-state index contributed by atoms with van der Waals surface area (Å²) in [6, 6.07) is 28.3. The van der Waals surface area contributed by atoms with Gasteiger partial charge in [-0.05, 0) is 130 Å². The molecule has 0 atom stereocenters. The number of aryl methyl sites for hydroxylation is 4. The zero-order chi connectivity index (χ0) is 36.8. The Hall–Kier alpha value is -3.64. The van der Waals surface area contributed by atoms with Gasteiger partial charge in [0, 0.05) is 5.41 Å². The number of benzene rings is 4. The lowest BCUT2D eigenvalue weighted by Gasteiger charge is -2.34. The normalized spacial score (nSPS) is 13.6. The topological polar surface area (TPSA) is 0 Å². The Labute approximate surface area is 312 Å². The van der Waals surface area contributed by atoms with Crippen LogP contribution in [0, 0.1) is 13.8 Å². The molecule has 0 spiro atoms. The predicted molar refractivity (Wildman–Crippen MR) is 226 cm³/mol. The molecule has 0 amide bonds. The van der Waals surface area contributed by atoms with Crippen molar-refractivity contribution >= 4 is 12.2 Å². The van der Waals surface area contributed by atoms with Crippen molar-refractivity contribution in [3.05, 3.63) is 142 Å². The predicted octanol–water partition coefficient (Wildman–Crippen LogP) is 14.8. The van der Waals surface area contributed by atoms with Crippen LogP contribution in [0.4, 0.5) is 0 Å². The monoisotopic (exact) mass is 679 g/mol. The molecule has 0 aromatic heterocycles. The highest BCUT2D eigenvalue weighted by Gasteiger charge is 2.44. The molecule has 0 saturated carbocycles. The van der Waals surface area contributed by atoms with Gasteiger partial charge in [0.1, 0.15) is 0 Å². The van der Waals surface area contributed by atoms with Crippen molar-refractivity contribution in [1.29, 1.82) is 0 Å². The molecule has 4 aromatic rings. The number of unbranched alkanes of at least 4 members (excludes halogenated alkanes) is 6. The highest BCUT2D eigenvalue weighted by Crippen LogP contribution is 2.56. The van der Waals surface area contributed by atoms with Crippen molar-refractivity contribution in [2.24, 2.45) is 0 Å². The van der Waals surface area contributed by atoms with Gasteiger partial charge in [-0.15, -0.1) is 0 Å². The van der Waals surface area contributed by atoms with E-state index in [2.05, 4.69) is 141 Å². The molecule has 51 heavy (non-hydrogen) atoms. The third-order valence-electron chi connectivity index (χ3n) is 11.7. The summed E-state index contributed by atoms with van der Waals surface area (Å²) in [5, 5.41) is 0. The SMILES string of the molecule is C=Cc1ccc(CCCCCCC2(CCCCCCc3ccc(C=C)cc3)c3cc(C)c(C(C)(C)C)cc3-c3cc(C(C)(C)C)c(C)cc32)cc1. The third kappa shape index (κ3) is 9.06. The van der Waals surface area contributed by atoms with Crippen molar-refractivity contribution < 1.29 is 0 Å². The van der Waals surface area contributed by atoms with Crippen LogP contribution in [0.3, 0.4) is 0 Å². The minimum absolute atomic E-state index is 0.0774. The zero-order valence-electron chi connectivity index (χ0n) is 33.5. The van der Waals surface area contributed by atoms with E-state index in [1.54, 1.807) is 11.1 Å². The summed E-state index contributed by atoms with van der Waals surface area (Å²) in [5.74, 6) is 0. The number of hydrogen-bond donors (Lipinski definition) is 0. The largest absolute Gasteiger partial charge is 0.0985 e. The van der Waals surface area contributed by atoms with Crippen molar-refractivity contribution in [1.82, 2.24) is 0 Å². The van der Waals surface area contributed by atoms with Gasteiger partial charge in [0.25, 0.3) is 0 Å². The quantitative estimate of drug-likeness (QED) is 0.103. The molecule has 1 aliphatic rings. The summed E-state index contributed by atoms with van der Waals surface area (Å²) in [7, 11) is 0. The van der Waals surface area contributed by atoms with Crippen LogP contribution in [-0.2, 0) is 29.1 Å². The summed E-state index contributed by atoms with van der Waals surface area (Å²) < 4.78 is 0. The van der Waals surface area contributed by atoms with E-state index < -0.39 is 0 Å². The van der Waals surface area contributed by atoms with Gasteiger partial charge in [0.2, 0.25) is 0 Å². The van der Waals surface area contributed by atoms with Crippen LogP contribution in [0.1, 0.15) is 161 Å². The Morgan fingerprint density at radius 3 is 1.18 bits per heavy atom. The molecule has 0 unspecified atom stereocenters. The van der Waals surface area contributed by atoms with Crippen molar-refractivity contribution in [3.63, 3.8) is 0 Å². The van der Waals surface area contributed by atoms with Gasteiger partial charge in [-0.3, -0.25) is 0 Å². The number of rotatable bonds is 16. The molecule has 0 radical (unpaired) electrons. The maximum absolute atomic E-state index is 3.91. The van der Waals surface area contributed by atoms with Crippen molar-refractivity contribution in [3.8, 4) is 11.1 Å².